The summed E-state index contributed by atoms with van der Waals surface area (Å²) < 4.78 is 13.9. The summed E-state index contributed by atoms with van der Waals surface area (Å²) in [4.78, 5) is 25.0. The molecular weight excluding hydrogens is 678 g/mol. The molecular formula is C25H24Br3N3O4S. The van der Waals surface area contributed by atoms with E-state index in [-0.39, 0.29) is 11.7 Å². The molecule has 0 saturated carbocycles. The Hall–Kier alpha value is -2.21. The molecule has 0 aliphatic carbocycles. The molecule has 3 aromatic carbocycles. The molecule has 3 aromatic rings. The van der Waals surface area contributed by atoms with E-state index < -0.39 is 11.8 Å². The number of fused-ring (bicyclic) bond motifs is 1. The third kappa shape index (κ3) is 8.16. The molecule has 0 saturated heterocycles. The Morgan fingerprint density at radius 3 is 2.36 bits per heavy atom. The lowest BCUT2D eigenvalue weighted by Gasteiger charge is -2.15. The third-order valence-electron chi connectivity index (χ3n) is 4.92. The van der Waals surface area contributed by atoms with Crippen molar-refractivity contribution in [2.24, 2.45) is 5.92 Å². The van der Waals surface area contributed by atoms with Crippen LogP contribution in [-0.4, -0.2) is 30.1 Å². The smallest absolute Gasteiger partial charge is 0.276 e. The van der Waals surface area contributed by atoms with Crippen molar-refractivity contribution in [2.75, 3.05) is 13.2 Å². The molecule has 0 unspecified atom stereocenters. The van der Waals surface area contributed by atoms with Crippen LogP contribution in [0.4, 0.5) is 0 Å². The molecule has 0 spiro atoms. The molecule has 3 N–H and O–H groups in total. The van der Waals surface area contributed by atoms with Crippen molar-refractivity contribution in [2.45, 2.75) is 20.3 Å². The molecule has 0 aliphatic heterocycles. The monoisotopic (exact) mass is 699 g/mol. The average molecular weight is 702 g/mol. The number of hydrogen-bond acceptors (Lipinski definition) is 5. The summed E-state index contributed by atoms with van der Waals surface area (Å²) in [5, 5.41) is 4.45. The summed E-state index contributed by atoms with van der Waals surface area (Å²) >= 11 is 15.5. The van der Waals surface area contributed by atoms with Crippen molar-refractivity contribution in [3.8, 4) is 11.5 Å². The van der Waals surface area contributed by atoms with Crippen LogP contribution < -0.4 is 25.6 Å². The van der Waals surface area contributed by atoms with E-state index in [1.54, 1.807) is 24.3 Å². The number of benzene rings is 3. The summed E-state index contributed by atoms with van der Waals surface area (Å²) in [6.45, 7) is 4.43. The molecule has 0 heterocycles. The van der Waals surface area contributed by atoms with Crippen molar-refractivity contribution in [1.29, 1.82) is 0 Å². The van der Waals surface area contributed by atoms with Crippen LogP contribution in [0.1, 0.15) is 30.6 Å². The highest BCUT2D eigenvalue weighted by Crippen LogP contribution is 2.34. The van der Waals surface area contributed by atoms with Gasteiger partial charge in [0.15, 0.2) is 11.7 Å². The van der Waals surface area contributed by atoms with Gasteiger partial charge in [0.1, 0.15) is 11.5 Å². The van der Waals surface area contributed by atoms with Gasteiger partial charge in [0.25, 0.3) is 11.8 Å². The summed E-state index contributed by atoms with van der Waals surface area (Å²) in [5.74, 6) is 0.507. The SMILES string of the molecule is CC(C)CCOc1ccc(Br)cc1C(=O)NC(=S)NNC(=O)COc1ccc2cc(Br)ccc2c1Br. The molecule has 0 fully saturated rings. The number of hydrogen-bond donors (Lipinski definition) is 3. The molecule has 11 heteroatoms. The average Bonchev–Trinajstić information content (AvgIpc) is 2.82. The van der Waals surface area contributed by atoms with Crippen molar-refractivity contribution in [3.05, 3.63) is 67.5 Å². The topological polar surface area (TPSA) is 88.7 Å². The van der Waals surface area contributed by atoms with Gasteiger partial charge in [-0.1, -0.05) is 57.8 Å². The molecule has 2 amide bonds. The summed E-state index contributed by atoms with van der Waals surface area (Å²) in [5.41, 5.74) is 5.25. The lowest BCUT2D eigenvalue weighted by atomic mass is 10.1. The van der Waals surface area contributed by atoms with Crippen LogP contribution >= 0.6 is 60.0 Å². The van der Waals surface area contributed by atoms with Gasteiger partial charge in [0, 0.05) is 8.95 Å². The fourth-order valence-electron chi connectivity index (χ4n) is 3.07. The van der Waals surface area contributed by atoms with Crippen LogP contribution in [-0.2, 0) is 4.79 Å². The van der Waals surface area contributed by atoms with Crippen molar-refractivity contribution in [1.82, 2.24) is 16.2 Å². The molecule has 0 bridgehead atoms. The van der Waals surface area contributed by atoms with Crippen LogP contribution in [0.5, 0.6) is 11.5 Å². The lowest BCUT2D eigenvalue weighted by molar-refractivity contribution is -0.123. The standard InChI is InChI=1S/C25H24Br3N3O4S/c1-14(2)9-10-34-20-8-5-17(27)12-19(20)24(33)29-25(36)31-30-22(32)13-35-21-7-3-15-11-16(26)4-6-18(15)23(21)28/h3-8,11-12,14H,9-10,13H2,1-2H3,(H,30,32)(H2,29,31,33,36). The van der Waals surface area contributed by atoms with Crippen molar-refractivity contribution >= 4 is 87.7 Å². The van der Waals surface area contributed by atoms with Gasteiger partial charge >= 0.3 is 0 Å². The van der Waals surface area contributed by atoms with Gasteiger partial charge in [0.05, 0.1) is 16.6 Å². The molecule has 0 radical (unpaired) electrons. The van der Waals surface area contributed by atoms with E-state index in [1.807, 2.05) is 24.3 Å². The summed E-state index contributed by atoms with van der Waals surface area (Å²) in [6.07, 6.45) is 0.860. The van der Waals surface area contributed by atoms with E-state index in [0.29, 0.717) is 29.6 Å². The van der Waals surface area contributed by atoms with Crippen LogP contribution in [0, 0.1) is 5.92 Å². The fraction of sp³-hybridized carbons (Fsp3) is 0.240. The van der Waals surface area contributed by atoms with Crippen LogP contribution in [0.3, 0.4) is 0 Å². The van der Waals surface area contributed by atoms with Crippen LogP contribution in [0.25, 0.3) is 10.8 Å². The maximum Gasteiger partial charge on any atom is 0.276 e. The largest absolute Gasteiger partial charge is 0.493 e. The number of carbonyl (C=O) groups is 2. The van der Waals surface area contributed by atoms with E-state index in [0.717, 1.165) is 30.6 Å². The first-order valence-electron chi connectivity index (χ1n) is 11.0. The Kier molecular flexibility index (Phi) is 10.5. The quantitative estimate of drug-likeness (QED) is 0.190. The minimum absolute atomic E-state index is 0.0704. The molecule has 190 valence electrons. The number of halogens is 3. The Morgan fingerprint density at radius 2 is 1.61 bits per heavy atom. The van der Waals surface area contributed by atoms with Crippen LogP contribution in [0.2, 0.25) is 0 Å². The highest BCUT2D eigenvalue weighted by atomic mass is 79.9. The zero-order chi connectivity index (χ0) is 26.2. The number of amides is 2. The zero-order valence-electron chi connectivity index (χ0n) is 19.5. The molecule has 0 aromatic heterocycles. The van der Waals surface area contributed by atoms with E-state index in [9.17, 15) is 9.59 Å². The number of carbonyl (C=O) groups excluding carboxylic acids is 2. The number of ether oxygens (including phenoxy) is 2. The maximum atomic E-state index is 12.8. The number of hydrazine groups is 1. The second kappa shape index (κ2) is 13.4. The second-order valence-corrected chi connectivity index (χ2v) is 11.2. The van der Waals surface area contributed by atoms with E-state index in [4.69, 9.17) is 21.7 Å². The second-order valence-electron chi connectivity index (χ2n) is 8.16. The Labute approximate surface area is 240 Å². The first kappa shape index (κ1) is 28.4. The van der Waals surface area contributed by atoms with Crippen LogP contribution in [0.15, 0.2) is 61.9 Å². The highest BCUT2D eigenvalue weighted by molar-refractivity contribution is 9.11. The first-order chi connectivity index (χ1) is 17.1. The Morgan fingerprint density at radius 1 is 0.917 bits per heavy atom. The van der Waals surface area contributed by atoms with Crippen molar-refractivity contribution < 1.29 is 19.1 Å². The normalized spacial score (nSPS) is 10.7. The summed E-state index contributed by atoms with van der Waals surface area (Å²) in [7, 11) is 0. The van der Waals surface area contributed by atoms with Crippen molar-refractivity contribution in [3.63, 3.8) is 0 Å². The highest BCUT2D eigenvalue weighted by Gasteiger charge is 2.16. The van der Waals surface area contributed by atoms with Gasteiger partial charge in [-0.15, -0.1) is 0 Å². The summed E-state index contributed by atoms with van der Waals surface area (Å²) in [6, 6.07) is 14.7. The molecule has 0 aliphatic rings. The fourth-order valence-corrected chi connectivity index (χ4v) is 4.56. The number of thiocarbonyl (C=S) groups is 1. The first-order valence-corrected chi connectivity index (χ1v) is 13.8. The lowest BCUT2D eigenvalue weighted by Crippen LogP contribution is -2.49. The van der Waals surface area contributed by atoms with E-state index in [1.165, 1.54) is 0 Å². The van der Waals surface area contributed by atoms with E-state index >= 15 is 0 Å². The number of rotatable bonds is 8. The molecule has 36 heavy (non-hydrogen) atoms. The molecule has 3 rings (SSSR count). The zero-order valence-corrected chi connectivity index (χ0v) is 25.1. The van der Waals surface area contributed by atoms with Gasteiger partial charge in [-0.25, -0.2) is 0 Å². The Balaban J connectivity index is 1.51. The predicted octanol–water partition coefficient (Wildman–Crippen LogP) is 6.27. The van der Waals surface area contributed by atoms with Gasteiger partial charge in [-0.05, 0) is 87.7 Å². The third-order valence-corrected chi connectivity index (χ3v) is 6.93. The predicted molar refractivity (Wildman–Crippen MR) is 155 cm³/mol. The minimum Gasteiger partial charge on any atom is -0.493 e. The van der Waals surface area contributed by atoms with Gasteiger partial charge < -0.3 is 9.47 Å². The number of nitrogens with one attached hydrogen (secondary N) is 3. The molecule has 7 nitrogen and oxygen atoms in total. The minimum atomic E-state index is -0.477. The van der Waals surface area contributed by atoms with Gasteiger partial charge in [-0.2, -0.15) is 0 Å². The molecule has 0 atom stereocenters. The van der Waals surface area contributed by atoms with E-state index in [2.05, 4.69) is 77.8 Å². The maximum absolute atomic E-state index is 12.8. The van der Waals surface area contributed by atoms with Gasteiger partial charge in [0.2, 0.25) is 0 Å². The Bertz CT molecular complexity index is 1290. The van der Waals surface area contributed by atoms with Gasteiger partial charge in [-0.3, -0.25) is 25.8 Å².